The van der Waals surface area contributed by atoms with Crippen LogP contribution in [0.5, 0.6) is 5.75 Å². The van der Waals surface area contributed by atoms with E-state index in [0.717, 1.165) is 5.56 Å². The van der Waals surface area contributed by atoms with Crippen molar-refractivity contribution in [1.82, 2.24) is 29.7 Å². The zero-order valence-electron chi connectivity index (χ0n) is 20.2. The van der Waals surface area contributed by atoms with Crippen LogP contribution in [0, 0.1) is 6.92 Å². The number of nitrogens with zero attached hydrogens (tertiary/aromatic N) is 6. The molecule has 0 aromatic carbocycles. The number of sulfonamides is 1. The van der Waals surface area contributed by atoms with E-state index in [2.05, 4.69) is 29.9 Å². The fraction of sp³-hybridized carbons (Fsp3) is 0.500. The molecular formula is C22H31N7O5S. The molecule has 0 fully saturated rings. The molecule has 0 spiro atoms. The van der Waals surface area contributed by atoms with Crippen LogP contribution in [0.4, 0.5) is 5.95 Å². The molecule has 1 aliphatic rings. The molecule has 12 nitrogen and oxygen atoms in total. The number of fused-ring (bicyclic) bond motifs is 3. The van der Waals surface area contributed by atoms with Gasteiger partial charge in [-0.1, -0.05) is 0 Å². The number of aryl methyl sites for hydroxylation is 1. The molecule has 0 unspecified atom stereocenters. The molecule has 1 aliphatic heterocycles. The van der Waals surface area contributed by atoms with Gasteiger partial charge in [0, 0.05) is 27.1 Å². The fourth-order valence-corrected chi connectivity index (χ4v) is 4.82. The topological polar surface area (TPSA) is 143 Å². The van der Waals surface area contributed by atoms with Gasteiger partial charge in [-0.05, 0) is 45.4 Å². The standard InChI is InChI=1S/C22H29N7O5S.H2/c1-13(2)34-19(20-24-9-14(3)10-25-20)15(4)35(30,31)28-22-27-26-21-18-17(7-6-8-23-18)33-12-16(11-32-5)29(21)22;/h6-10,13,15-16,19H,11-12H2,1-5H3,(H,27,28);1H/t15-,16-,19+;/m0./s1. The lowest BCUT2D eigenvalue weighted by atomic mass is 10.2. The molecule has 13 heteroatoms. The molecule has 0 aliphatic carbocycles. The van der Waals surface area contributed by atoms with Gasteiger partial charge in [-0.2, -0.15) is 0 Å². The van der Waals surface area contributed by atoms with Crippen LogP contribution in [-0.2, 0) is 19.5 Å². The highest BCUT2D eigenvalue weighted by Gasteiger charge is 2.37. The first-order valence-electron chi connectivity index (χ1n) is 11.2. The largest absolute Gasteiger partial charge is 0.489 e. The van der Waals surface area contributed by atoms with Gasteiger partial charge in [-0.3, -0.25) is 9.29 Å². The van der Waals surface area contributed by atoms with E-state index in [-0.39, 0.29) is 32.5 Å². The van der Waals surface area contributed by atoms with E-state index < -0.39 is 27.4 Å². The molecule has 3 atom stereocenters. The third-order valence-electron chi connectivity index (χ3n) is 5.46. The van der Waals surface area contributed by atoms with Crippen LogP contribution in [-0.4, -0.2) is 69.8 Å². The van der Waals surface area contributed by atoms with Gasteiger partial charge in [-0.15, -0.1) is 10.2 Å². The smallest absolute Gasteiger partial charge is 0.240 e. The summed E-state index contributed by atoms with van der Waals surface area (Å²) in [6, 6.07) is 3.14. The highest BCUT2D eigenvalue weighted by atomic mass is 32.2. The van der Waals surface area contributed by atoms with E-state index in [0.29, 0.717) is 17.3 Å². The predicted molar refractivity (Wildman–Crippen MR) is 130 cm³/mol. The molecular weight excluding hydrogens is 474 g/mol. The Bertz CT molecular complexity index is 1270. The molecule has 0 saturated carbocycles. The zero-order valence-corrected chi connectivity index (χ0v) is 21.1. The van der Waals surface area contributed by atoms with Gasteiger partial charge in [0.2, 0.25) is 16.0 Å². The second-order valence-electron chi connectivity index (χ2n) is 8.56. The second-order valence-corrected chi connectivity index (χ2v) is 10.6. The van der Waals surface area contributed by atoms with Crippen molar-refractivity contribution in [1.29, 1.82) is 0 Å². The van der Waals surface area contributed by atoms with Crippen LogP contribution in [0.3, 0.4) is 0 Å². The summed E-state index contributed by atoms with van der Waals surface area (Å²) in [6.45, 7) is 7.52. The molecule has 1 N–H and O–H groups in total. The third-order valence-corrected chi connectivity index (χ3v) is 7.15. The number of nitrogens with one attached hydrogen (secondary N) is 1. The Morgan fingerprint density at radius 2 is 1.97 bits per heavy atom. The van der Waals surface area contributed by atoms with Crippen LogP contribution < -0.4 is 9.46 Å². The lowest BCUT2D eigenvalue weighted by Gasteiger charge is -2.26. The normalized spacial score (nSPS) is 17.1. The molecule has 0 amide bonds. The molecule has 0 radical (unpaired) electrons. The van der Waals surface area contributed by atoms with E-state index in [1.807, 2.05) is 20.8 Å². The number of methoxy groups -OCH3 is 1. The van der Waals surface area contributed by atoms with Crippen LogP contribution >= 0.6 is 0 Å². The SMILES string of the molecule is COC[C@H]1COc2cccnc2-c2nnc(NS(=O)(=O)[C@@H](C)[C@@H](OC(C)C)c3ncc(C)cn3)n21.[HH]. The highest BCUT2D eigenvalue weighted by molar-refractivity contribution is 7.93. The zero-order chi connectivity index (χ0) is 25.2. The number of pyridine rings is 1. The number of ether oxygens (including phenoxy) is 3. The first-order valence-corrected chi connectivity index (χ1v) is 12.7. The molecule has 3 aromatic heterocycles. The Hall–Kier alpha value is -3.16. The van der Waals surface area contributed by atoms with Crippen molar-refractivity contribution in [3.63, 3.8) is 0 Å². The summed E-state index contributed by atoms with van der Waals surface area (Å²) >= 11 is 0. The van der Waals surface area contributed by atoms with Gasteiger partial charge in [0.25, 0.3) is 0 Å². The lowest BCUT2D eigenvalue weighted by molar-refractivity contribution is 0.00152. The number of hydrogen-bond donors (Lipinski definition) is 1. The van der Waals surface area contributed by atoms with E-state index in [1.165, 1.54) is 0 Å². The summed E-state index contributed by atoms with van der Waals surface area (Å²) in [5.41, 5.74) is 1.32. The van der Waals surface area contributed by atoms with Crippen molar-refractivity contribution in [3.05, 3.63) is 42.1 Å². The number of hydrogen-bond acceptors (Lipinski definition) is 10. The minimum Gasteiger partial charge on any atom is -0.489 e. The maximum absolute atomic E-state index is 13.5. The lowest BCUT2D eigenvalue weighted by Crippen LogP contribution is -2.35. The number of rotatable bonds is 9. The summed E-state index contributed by atoms with van der Waals surface area (Å²) < 4.78 is 48.5. The van der Waals surface area contributed by atoms with Crippen LogP contribution in [0.1, 0.15) is 45.7 Å². The predicted octanol–water partition coefficient (Wildman–Crippen LogP) is 2.56. The molecule has 3 aromatic rings. The summed E-state index contributed by atoms with van der Waals surface area (Å²) in [5, 5.41) is 7.32. The van der Waals surface area contributed by atoms with Crippen LogP contribution in [0.25, 0.3) is 11.5 Å². The molecule has 4 heterocycles. The molecule has 4 rings (SSSR count). The Morgan fingerprint density at radius 3 is 2.66 bits per heavy atom. The maximum atomic E-state index is 13.5. The second kappa shape index (κ2) is 10.2. The molecule has 190 valence electrons. The van der Waals surface area contributed by atoms with Crippen molar-refractivity contribution >= 4 is 16.0 Å². The van der Waals surface area contributed by atoms with Gasteiger partial charge in [0.1, 0.15) is 29.4 Å². The van der Waals surface area contributed by atoms with E-state index in [4.69, 9.17) is 14.2 Å². The maximum Gasteiger partial charge on any atom is 0.240 e. The van der Waals surface area contributed by atoms with Gasteiger partial charge >= 0.3 is 0 Å². The first kappa shape index (κ1) is 24.9. The molecule has 0 bridgehead atoms. The summed E-state index contributed by atoms with van der Waals surface area (Å²) in [7, 11) is -2.47. The summed E-state index contributed by atoms with van der Waals surface area (Å²) in [5.74, 6) is 1.22. The Morgan fingerprint density at radius 1 is 1.23 bits per heavy atom. The van der Waals surface area contributed by atoms with Crippen molar-refractivity contribution in [3.8, 4) is 17.3 Å². The Labute approximate surface area is 205 Å². The van der Waals surface area contributed by atoms with Crippen molar-refractivity contribution < 1.29 is 24.1 Å². The monoisotopic (exact) mass is 505 g/mol. The quantitative estimate of drug-likeness (QED) is 0.461. The molecule has 0 saturated heterocycles. The third kappa shape index (κ3) is 5.26. The summed E-state index contributed by atoms with van der Waals surface area (Å²) in [6.07, 6.45) is 3.71. The van der Waals surface area contributed by atoms with E-state index >= 15 is 0 Å². The summed E-state index contributed by atoms with van der Waals surface area (Å²) in [4.78, 5) is 13.0. The fourth-order valence-electron chi connectivity index (χ4n) is 3.73. The van der Waals surface area contributed by atoms with Crippen molar-refractivity contribution in [2.75, 3.05) is 25.0 Å². The van der Waals surface area contributed by atoms with E-state index in [9.17, 15) is 8.42 Å². The minimum atomic E-state index is -4.03. The van der Waals surface area contributed by atoms with Gasteiger partial charge in [0.15, 0.2) is 11.6 Å². The van der Waals surface area contributed by atoms with Gasteiger partial charge < -0.3 is 14.2 Å². The minimum absolute atomic E-state index is 0. The van der Waals surface area contributed by atoms with E-state index in [1.54, 1.807) is 49.3 Å². The molecule has 35 heavy (non-hydrogen) atoms. The average Bonchev–Trinajstić information content (AvgIpc) is 3.15. The first-order chi connectivity index (χ1) is 16.7. The van der Waals surface area contributed by atoms with Gasteiger partial charge in [-0.25, -0.2) is 23.4 Å². The van der Waals surface area contributed by atoms with Crippen molar-refractivity contribution in [2.45, 2.75) is 51.2 Å². The van der Waals surface area contributed by atoms with Crippen molar-refractivity contribution in [2.24, 2.45) is 0 Å². The average molecular weight is 506 g/mol. The number of aromatic nitrogens is 6. The number of anilines is 1. The van der Waals surface area contributed by atoms with Crippen LogP contribution in [0.15, 0.2) is 30.7 Å². The highest BCUT2D eigenvalue weighted by Crippen LogP contribution is 2.35. The van der Waals surface area contributed by atoms with Gasteiger partial charge in [0.05, 0.1) is 18.8 Å². The van der Waals surface area contributed by atoms with Crippen LogP contribution in [0.2, 0.25) is 0 Å². The Kier molecular flexibility index (Phi) is 7.28. The Balaban J connectivity index is 0.00000361.